The summed E-state index contributed by atoms with van der Waals surface area (Å²) in [5.74, 6) is -1.29. The molecule has 1 aliphatic rings. The zero-order valence-electron chi connectivity index (χ0n) is 16.8. The van der Waals surface area contributed by atoms with Crippen LogP contribution in [-0.2, 0) is 23.8 Å². The van der Waals surface area contributed by atoms with Crippen molar-refractivity contribution < 1.29 is 18.0 Å². The van der Waals surface area contributed by atoms with Crippen molar-refractivity contribution in [1.82, 2.24) is 24.9 Å². The average Bonchev–Trinajstić information content (AvgIpc) is 3.14. The second-order valence-corrected chi connectivity index (χ2v) is 7.67. The average molecular weight is 417 g/mol. The maximum Gasteiger partial charge on any atom is 0.453 e. The van der Waals surface area contributed by atoms with E-state index in [4.69, 9.17) is 0 Å². The van der Waals surface area contributed by atoms with E-state index in [2.05, 4.69) is 32.5 Å². The number of aromatic nitrogens is 4. The van der Waals surface area contributed by atoms with Crippen molar-refractivity contribution in [2.45, 2.75) is 51.6 Å². The Morgan fingerprint density at radius 1 is 1.23 bits per heavy atom. The Hall–Kier alpha value is -2.97. The van der Waals surface area contributed by atoms with Crippen molar-refractivity contribution in [3.8, 4) is 0 Å². The lowest BCUT2D eigenvalue weighted by Gasteiger charge is -2.25. The van der Waals surface area contributed by atoms with Crippen LogP contribution in [0.2, 0.25) is 0 Å². The van der Waals surface area contributed by atoms with Crippen molar-refractivity contribution >= 4 is 11.7 Å². The lowest BCUT2D eigenvalue weighted by Crippen LogP contribution is -2.31. The smallest absolute Gasteiger partial charge is 0.355 e. The third-order valence-corrected chi connectivity index (χ3v) is 5.68. The lowest BCUT2D eigenvalue weighted by atomic mass is 9.83. The number of nitrogens with zero attached hydrogens (tertiary/aromatic N) is 4. The van der Waals surface area contributed by atoms with Gasteiger partial charge >= 0.3 is 6.18 Å². The Balaban J connectivity index is 1.50. The lowest BCUT2D eigenvalue weighted by molar-refractivity contribution is -0.144. The van der Waals surface area contributed by atoms with Gasteiger partial charge in [0.2, 0.25) is 5.91 Å². The molecule has 0 radical (unpaired) electrons. The van der Waals surface area contributed by atoms with Crippen LogP contribution >= 0.6 is 0 Å². The number of aryl methyl sites for hydroxylation is 3. The molecule has 0 saturated carbocycles. The molecule has 0 unspecified atom stereocenters. The normalized spacial score (nSPS) is 16.5. The number of amides is 1. The minimum absolute atomic E-state index is 0.0240. The maximum absolute atomic E-state index is 12.9. The fourth-order valence-corrected chi connectivity index (χ4v) is 4.11. The van der Waals surface area contributed by atoms with Gasteiger partial charge in [0.15, 0.2) is 0 Å². The third kappa shape index (κ3) is 3.88. The number of carbonyl (C=O) groups is 1. The summed E-state index contributed by atoms with van der Waals surface area (Å²) in [6.45, 7) is 3.82. The maximum atomic E-state index is 12.9. The van der Waals surface area contributed by atoms with Crippen molar-refractivity contribution in [1.29, 1.82) is 0 Å². The summed E-state index contributed by atoms with van der Waals surface area (Å²) in [7, 11) is 0. The summed E-state index contributed by atoms with van der Waals surface area (Å²) in [6, 6.07) is 8.29. The quantitative estimate of drug-likeness (QED) is 0.705. The molecule has 2 heterocycles. The molecule has 1 aliphatic carbocycles. The third-order valence-electron chi connectivity index (χ3n) is 5.68. The molecule has 0 aliphatic heterocycles. The van der Waals surface area contributed by atoms with E-state index in [1.54, 1.807) is 13.8 Å². The van der Waals surface area contributed by atoms with Gasteiger partial charge in [-0.15, -0.1) is 5.10 Å². The Bertz CT molecular complexity index is 1110. The second kappa shape index (κ2) is 7.70. The molecule has 6 nitrogen and oxygen atoms in total. The monoisotopic (exact) mass is 417 g/mol. The molecule has 1 atom stereocenters. The van der Waals surface area contributed by atoms with Crippen LogP contribution in [0.25, 0.3) is 5.78 Å². The SMILES string of the molecule is Cc1nc2nc(C(F)(F)F)nn2c(C)c1CC(=O)NC[C@H]1CCCc2ccccc21. The van der Waals surface area contributed by atoms with Crippen LogP contribution in [0.1, 0.15) is 52.7 Å². The van der Waals surface area contributed by atoms with E-state index in [0.29, 0.717) is 23.5 Å². The molecule has 0 bridgehead atoms. The van der Waals surface area contributed by atoms with Crippen LogP contribution in [0.15, 0.2) is 24.3 Å². The zero-order chi connectivity index (χ0) is 21.5. The fraction of sp³-hybridized carbons (Fsp3) is 0.429. The van der Waals surface area contributed by atoms with E-state index >= 15 is 0 Å². The summed E-state index contributed by atoms with van der Waals surface area (Å²) in [5.41, 5.74) is 4.07. The highest BCUT2D eigenvalue weighted by Gasteiger charge is 2.37. The number of hydrogen-bond acceptors (Lipinski definition) is 4. The largest absolute Gasteiger partial charge is 0.453 e. The number of benzene rings is 1. The van der Waals surface area contributed by atoms with Gasteiger partial charge in [0.05, 0.1) is 6.42 Å². The summed E-state index contributed by atoms with van der Waals surface area (Å²) >= 11 is 0. The van der Waals surface area contributed by atoms with Gasteiger partial charge in [0.1, 0.15) is 0 Å². The number of carbonyl (C=O) groups excluding carboxylic acids is 1. The van der Waals surface area contributed by atoms with Crippen LogP contribution in [0.5, 0.6) is 0 Å². The predicted octanol–water partition coefficient (Wildman–Crippen LogP) is 3.54. The Labute approximate surface area is 171 Å². The number of halogens is 3. The minimum Gasteiger partial charge on any atom is -0.355 e. The predicted molar refractivity (Wildman–Crippen MR) is 104 cm³/mol. The summed E-state index contributed by atoms with van der Waals surface area (Å²) < 4.78 is 39.8. The van der Waals surface area contributed by atoms with Gasteiger partial charge in [-0.3, -0.25) is 4.79 Å². The van der Waals surface area contributed by atoms with E-state index < -0.39 is 12.0 Å². The topological polar surface area (TPSA) is 72.2 Å². The molecular formula is C21H22F3N5O. The van der Waals surface area contributed by atoms with E-state index in [1.165, 1.54) is 11.1 Å². The molecule has 30 heavy (non-hydrogen) atoms. The minimum atomic E-state index is -4.65. The van der Waals surface area contributed by atoms with Crippen LogP contribution in [-0.4, -0.2) is 32.0 Å². The molecule has 158 valence electrons. The summed E-state index contributed by atoms with van der Waals surface area (Å²) in [4.78, 5) is 20.2. The van der Waals surface area contributed by atoms with Crippen molar-refractivity contribution in [3.05, 3.63) is 58.2 Å². The molecule has 0 spiro atoms. The van der Waals surface area contributed by atoms with Crippen LogP contribution in [0.4, 0.5) is 13.2 Å². The number of fused-ring (bicyclic) bond motifs is 2. The first-order valence-electron chi connectivity index (χ1n) is 9.88. The summed E-state index contributed by atoms with van der Waals surface area (Å²) in [5, 5.41) is 6.51. The molecule has 1 N–H and O–H groups in total. The number of rotatable bonds is 4. The molecular weight excluding hydrogens is 395 g/mol. The van der Waals surface area contributed by atoms with Gasteiger partial charge in [-0.2, -0.15) is 18.2 Å². The van der Waals surface area contributed by atoms with Crippen LogP contribution in [0, 0.1) is 13.8 Å². The molecule has 9 heteroatoms. The molecule has 0 saturated heterocycles. The summed E-state index contributed by atoms with van der Waals surface area (Å²) in [6.07, 6.45) is -1.47. The fourth-order valence-electron chi connectivity index (χ4n) is 4.11. The molecule has 3 aromatic rings. The number of nitrogens with one attached hydrogen (secondary N) is 1. The first-order chi connectivity index (χ1) is 14.2. The van der Waals surface area contributed by atoms with Crippen molar-refractivity contribution in [2.24, 2.45) is 0 Å². The highest BCUT2D eigenvalue weighted by Crippen LogP contribution is 2.31. The van der Waals surface area contributed by atoms with Gasteiger partial charge in [-0.1, -0.05) is 24.3 Å². The first kappa shape index (κ1) is 20.3. The van der Waals surface area contributed by atoms with Gasteiger partial charge in [0.25, 0.3) is 11.6 Å². The van der Waals surface area contributed by atoms with Crippen LogP contribution < -0.4 is 5.32 Å². The highest BCUT2D eigenvalue weighted by atomic mass is 19.4. The molecule has 2 aromatic heterocycles. The van der Waals surface area contributed by atoms with Crippen LogP contribution in [0.3, 0.4) is 0 Å². The van der Waals surface area contributed by atoms with E-state index in [-0.39, 0.29) is 24.0 Å². The number of hydrogen-bond donors (Lipinski definition) is 1. The first-order valence-corrected chi connectivity index (χ1v) is 9.88. The van der Waals surface area contributed by atoms with Gasteiger partial charge in [-0.25, -0.2) is 9.50 Å². The second-order valence-electron chi connectivity index (χ2n) is 7.67. The molecule has 4 rings (SSSR count). The van der Waals surface area contributed by atoms with Crippen molar-refractivity contribution in [3.63, 3.8) is 0 Å². The highest BCUT2D eigenvalue weighted by molar-refractivity contribution is 5.79. The van der Waals surface area contributed by atoms with Crippen molar-refractivity contribution in [2.75, 3.05) is 6.54 Å². The molecule has 1 amide bonds. The van der Waals surface area contributed by atoms with Gasteiger partial charge < -0.3 is 5.32 Å². The Morgan fingerprint density at radius 2 is 2.00 bits per heavy atom. The molecule has 1 aromatic carbocycles. The van der Waals surface area contributed by atoms with E-state index in [1.807, 2.05) is 12.1 Å². The number of alkyl halides is 3. The Morgan fingerprint density at radius 3 is 2.77 bits per heavy atom. The van der Waals surface area contributed by atoms with Gasteiger partial charge in [0, 0.05) is 29.4 Å². The zero-order valence-corrected chi connectivity index (χ0v) is 16.8. The Kier molecular flexibility index (Phi) is 5.21. The van der Waals surface area contributed by atoms with Gasteiger partial charge in [-0.05, 0) is 44.2 Å². The standard InChI is InChI=1S/C21H22F3N5O/c1-12-17(13(2)29-20(26-12)27-19(28-29)21(22,23)24)10-18(30)25-11-15-8-5-7-14-6-3-4-9-16(14)15/h3-4,6,9,15H,5,7-8,10-11H2,1-2H3,(H,25,30)/t15-/m1/s1. The molecule has 0 fully saturated rings. The van der Waals surface area contributed by atoms with E-state index in [9.17, 15) is 18.0 Å². The van der Waals surface area contributed by atoms with E-state index in [0.717, 1.165) is 23.8 Å².